The van der Waals surface area contributed by atoms with Crippen LogP contribution in [0.25, 0.3) is 0 Å². The van der Waals surface area contributed by atoms with E-state index >= 15 is 0 Å². The van der Waals surface area contributed by atoms with Crippen molar-refractivity contribution in [2.24, 2.45) is 0 Å². The largest absolute Gasteiger partial charge is 0.355 e. The highest BCUT2D eigenvalue weighted by molar-refractivity contribution is 6.42. The number of carbonyl (C=O) groups is 1. The Labute approximate surface area is 137 Å². The topological polar surface area (TPSA) is 32.3 Å². The van der Waals surface area contributed by atoms with Crippen molar-refractivity contribution < 1.29 is 4.79 Å². The number of halogens is 2. The molecule has 1 aromatic carbocycles. The second-order valence-corrected chi connectivity index (χ2v) is 5.94. The smallest absolute Gasteiger partial charge is 0.220 e. The lowest BCUT2D eigenvalue weighted by atomic mass is 10.1. The molecular weight excluding hydrogens is 307 g/mol. The molecule has 1 unspecified atom stereocenters. The normalized spacial score (nSPS) is 12.5. The predicted octanol–water partition coefficient (Wildman–Crippen LogP) is 3.77. The van der Waals surface area contributed by atoms with Crippen LogP contribution in [-0.2, 0) is 11.2 Å². The summed E-state index contributed by atoms with van der Waals surface area (Å²) < 4.78 is 0. The minimum atomic E-state index is 0.0695. The van der Waals surface area contributed by atoms with E-state index in [0.717, 1.165) is 18.7 Å². The number of hydrogen-bond donors (Lipinski definition) is 1. The van der Waals surface area contributed by atoms with Crippen LogP contribution in [0.1, 0.15) is 32.8 Å². The molecule has 118 valence electrons. The third-order valence-corrected chi connectivity index (χ3v) is 4.39. The number of benzene rings is 1. The third kappa shape index (κ3) is 6.25. The van der Waals surface area contributed by atoms with E-state index in [2.05, 4.69) is 31.0 Å². The van der Waals surface area contributed by atoms with Crippen LogP contribution < -0.4 is 5.32 Å². The van der Waals surface area contributed by atoms with E-state index < -0.39 is 0 Å². The molecule has 3 nitrogen and oxygen atoms in total. The predicted molar refractivity (Wildman–Crippen MR) is 90.2 cm³/mol. The molecule has 1 amide bonds. The fraction of sp³-hybridized carbons (Fsp3) is 0.562. The molecule has 1 aromatic rings. The Morgan fingerprint density at radius 1 is 1.24 bits per heavy atom. The lowest BCUT2D eigenvalue weighted by molar-refractivity contribution is -0.121. The van der Waals surface area contributed by atoms with Crippen LogP contribution in [0.3, 0.4) is 0 Å². The number of nitrogens with zero attached hydrogens (tertiary/aromatic N) is 1. The standard InChI is InChI=1S/C16H24Cl2N2O/c1-4-20(5-2)12(3)11-19-16(21)9-7-13-6-8-14(17)15(18)10-13/h6,8,10,12H,4-5,7,9,11H2,1-3H3,(H,19,21). The average molecular weight is 331 g/mol. The first-order valence-corrected chi connectivity index (χ1v) is 8.18. The summed E-state index contributed by atoms with van der Waals surface area (Å²) >= 11 is 11.8. The van der Waals surface area contributed by atoms with Gasteiger partial charge in [0.05, 0.1) is 10.0 Å². The van der Waals surface area contributed by atoms with Crippen molar-refractivity contribution in [3.05, 3.63) is 33.8 Å². The summed E-state index contributed by atoms with van der Waals surface area (Å²) in [4.78, 5) is 14.2. The molecule has 0 spiro atoms. The first-order valence-electron chi connectivity index (χ1n) is 7.42. The van der Waals surface area contributed by atoms with Crippen LogP contribution in [0.15, 0.2) is 18.2 Å². The first-order chi connectivity index (χ1) is 9.97. The quantitative estimate of drug-likeness (QED) is 0.786. The second-order valence-electron chi connectivity index (χ2n) is 5.12. The highest BCUT2D eigenvalue weighted by atomic mass is 35.5. The van der Waals surface area contributed by atoms with Crippen molar-refractivity contribution in [2.45, 2.75) is 39.7 Å². The summed E-state index contributed by atoms with van der Waals surface area (Å²) in [5, 5.41) is 4.06. The molecule has 1 rings (SSSR count). The second kappa shape index (κ2) is 9.29. The molecule has 0 radical (unpaired) electrons. The van der Waals surface area contributed by atoms with Gasteiger partial charge in [0.2, 0.25) is 5.91 Å². The van der Waals surface area contributed by atoms with Crippen LogP contribution in [-0.4, -0.2) is 36.5 Å². The van der Waals surface area contributed by atoms with E-state index in [4.69, 9.17) is 23.2 Å². The van der Waals surface area contributed by atoms with Crippen LogP contribution in [0.2, 0.25) is 10.0 Å². The molecule has 0 bridgehead atoms. The van der Waals surface area contributed by atoms with E-state index in [-0.39, 0.29) is 5.91 Å². The summed E-state index contributed by atoms with van der Waals surface area (Å²) in [6.07, 6.45) is 1.13. The molecule has 0 aromatic heterocycles. The summed E-state index contributed by atoms with van der Waals surface area (Å²) in [5.74, 6) is 0.0695. The van der Waals surface area contributed by atoms with Gasteiger partial charge in [-0.2, -0.15) is 0 Å². The highest BCUT2D eigenvalue weighted by Gasteiger charge is 2.11. The van der Waals surface area contributed by atoms with E-state index in [1.165, 1.54) is 0 Å². The molecule has 1 atom stereocenters. The number of rotatable bonds is 8. The lowest BCUT2D eigenvalue weighted by Gasteiger charge is -2.26. The lowest BCUT2D eigenvalue weighted by Crippen LogP contribution is -2.42. The Hall–Kier alpha value is -0.770. The van der Waals surface area contributed by atoms with Crippen molar-refractivity contribution in [2.75, 3.05) is 19.6 Å². The Bertz CT molecular complexity index is 462. The Balaban J connectivity index is 2.35. The van der Waals surface area contributed by atoms with Gasteiger partial charge >= 0.3 is 0 Å². The summed E-state index contributed by atoms with van der Waals surface area (Å²) in [7, 11) is 0. The molecule has 21 heavy (non-hydrogen) atoms. The summed E-state index contributed by atoms with van der Waals surface area (Å²) in [5.41, 5.74) is 1.02. The van der Waals surface area contributed by atoms with Gasteiger partial charge in [-0.05, 0) is 44.1 Å². The van der Waals surface area contributed by atoms with Gasteiger partial charge in [0.15, 0.2) is 0 Å². The zero-order valence-electron chi connectivity index (χ0n) is 13.0. The molecule has 0 fully saturated rings. The third-order valence-electron chi connectivity index (χ3n) is 3.66. The Kier molecular flexibility index (Phi) is 8.09. The van der Waals surface area contributed by atoms with Crippen molar-refractivity contribution in [3.63, 3.8) is 0 Å². The maximum Gasteiger partial charge on any atom is 0.220 e. The van der Waals surface area contributed by atoms with Gasteiger partial charge in [-0.25, -0.2) is 0 Å². The number of likely N-dealkylation sites (N-methyl/N-ethyl adjacent to an activating group) is 1. The zero-order chi connectivity index (χ0) is 15.8. The first kappa shape index (κ1) is 18.3. The molecule has 0 aliphatic rings. The maximum atomic E-state index is 11.9. The van der Waals surface area contributed by atoms with Gasteiger partial charge in [-0.3, -0.25) is 9.69 Å². The molecule has 0 saturated heterocycles. The van der Waals surface area contributed by atoms with Crippen LogP contribution in [0.5, 0.6) is 0 Å². The number of nitrogens with one attached hydrogen (secondary N) is 1. The monoisotopic (exact) mass is 330 g/mol. The molecule has 0 heterocycles. The van der Waals surface area contributed by atoms with Crippen molar-refractivity contribution in [1.82, 2.24) is 10.2 Å². The van der Waals surface area contributed by atoms with E-state index in [1.54, 1.807) is 6.07 Å². The van der Waals surface area contributed by atoms with Gasteiger partial charge in [-0.15, -0.1) is 0 Å². The van der Waals surface area contributed by atoms with E-state index in [1.807, 2.05) is 12.1 Å². The van der Waals surface area contributed by atoms with Crippen LogP contribution >= 0.6 is 23.2 Å². The SMILES string of the molecule is CCN(CC)C(C)CNC(=O)CCc1ccc(Cl)c(Cl)c1. The number of amides is 1. The maximum absolute atomic E-state index is 11.9. The van der Waals surface area contributed by atoms with Crippen LogP contribution in [0.4, 0.5) is 0 Å². The molecule has 1 N–H and O–H groups in total. The molecular formula is C16H24Cl2N2O. The van der Waals surface area contributed by atoms with Gasteiger partial charge in [-0.1, -0.05) is 43.1 Å². The zero-order valence-corrected chi connectivity index (χ0v) is 14.5. The minimum Gasteiger partial charge on any atom is -0.355 e. The average Bonchev–Trinajstić information content (AvgIpc) is 2.47. The summed E-state index contributed by atoms with van der Waals surface area (Å²) in [6.45, 7) is 9.07. The fourth-order valence-electron chi connectivity index (χ4n) is 2.28. The van der Waals surface area contributed by atoms with E-state index in [0.29, 0.717) is 35.5 Å². The molecule has 0 aliphatic heterocycles. The van der Waals surface area contributed by atoms with Gasteiger partial charge < -0.3 is 5.32 Å². The summed E-state index contributed by atoms with van der Waals surface area (Å²) in [6, 6.07) is 5.84. The molecule has 0 aliphatic carbocycles. The molecule has 5 heteroatoms. The minimum absolute atomic E-state index is 0.0695. The Morgan fingerprint density at radius 3 is 2.48 bits per heavy atom. The Morgan fingerprint density at radius 2 is 1.90 bits per heavy atom. The fourth-order valence-corrected chi connectivity index (χ4v) is 2.60. The number of aryl methyl sites for hydroxylation is 1. The number of hydrogen-bond acceptors (Lipinski definition) is 2. The van der Waals surface area contributed by atoms with Gasteiger partial charge in [0.1, 0.15) is 0 Å². The van der Waals surface area contributed by atoms with Crippen molar-refractivity contribution >= 4 is 29.1 Å². The van der Waals surface area contributed by atoms with E-state index in [9.17, 15) is 4.79 Å². The van der Waals surface area contributed by atoms with Crippen LogP contribution in [0, 0.1) is 0 Å². The van der Waals surface area contributed by atoms with Gasteiger partial charge in [0.25, 0.3) is 0 Å². The highest BCUT2D eigenvalue weighted by Crippen LogP contribution is 2.23. The number of carbonyl (C=O) groups excluding carboxylic acids is 1. The van der Waals surface area contributed by atoms with Gasteiger partial charge in [0, 0.05) is 19.0 Å². The molecule has 0 saturated carbocycles. The van der Waals surface area contributed by atoms with Crippen molar-refractivity contribution in [3.8, 4) is 0 Å². The van der Waals surface area contributed by atoms with Crippen molar-refractivity contribution in [1.29, 1.82) is 0 Å².